The van der Waals surface area contributed by atoms with Gasteiger partial charge in [0.1, 0.15) is 18.2 Å². The minimum atomic E-state index is -1.15. The average molecular weight is 584 g/mol. The molecule has 2 aliphatic rings. The molecule has 0 radical (unpaired) electrons. The molecule has 1 aliphatic heterocycles. The Bertz CT molecular complexity index is 1230. The fraction of sp³-hybridized carbons (Fsp3) is 0.467. The van der Waals surface area contributed by atoms with Crippen LogP contribution in [0.1, 0.15) is 57.1 Å². The zero-order valence-corrected chi connectivity index (χ0v) is 24.4. The van der Waals surface area contributed by atoms with Crippen molar-refractivity contribution in [3.05, 3.63) is 59.7 Å². The summed E-state index contributed by atoms with van der Waals surface area (Å²) in [5.74, 6) is -0.925. The topological polar surface area (TPSA) is 134 Å². The van der Waals surface area contributed by atoms with Crippen molar-refractivity contribution >= 4 is 35.8 Å². The number of thioether (sulfide) groups is 1. The summed E-state index contributed by atoms with van der Waals surface area (Å²) in [5, 5.41) is 14.2. The first-order valence-corrected chi connectivity index (χ1v) is 14.8. The Labute approximate surface area is 244 Å². The van der Waals surface area contributed by atoms with Gasteiger partial charge in [-0.1, -0.05) is 48.5 Å². The fourth-order valence-corrected chi connectivity index (χ4v) is 6.14. The molecule has 3 N–H and O–H groups in total. The number of carbonyl (C=O) groups is 4. The van der Waals surface area contributed by atoms with Gasteiger partial charge in [-0.2, -0.15) is 0 Å². The number of fused-ring (bicyclic) bond motifs is 3. The molecule has 0 aromatic heterocycles. The van der Waals surface area contributed by atoms with Crippen LogP contribution in [-0.2, 0) is 19.1 Å². The van der Waals surface area contributed by atoms with Gasteiger partial charge in [-0.3, -0.25) is 9.69 Å². The smallest absolute Gasteiger partial charge is 0.411 e. The molecule has 0 unspecified atom stereocenters. The minimum Gasteiger partial charge on any atom is -0.480 e. The molecule has 2 aromatic rings. The Balaban J connectivity index is 1.20. The second kappa shape index (κ2) is 13.3. The lowest BCUT2D eigenvalue weighted by Crippen LogP contribution is -2.46. The summed E-state index contributed by atoms with van der Waals surface area (Å²) in [7, 11) is 0. The predicted molar refractivity (Wildman–Crippen MR) is 156 cm³/mol. The van der Waals surface area contributed by atoms with Crippen molar-refractivity contribution in [3.63, 3.8) is 0 Å². The molecule has 4 rings (SSSR count). The van der Waals surface area contributed by atoms with Crippen molar-refractivity contribution in [3.8, 4) is 11.1 Å². The quantitative estimate of drug-likeness (QED) is 0.346. The third-order valence-electron chi connectivity index (χ3n) is 6.90. The van der Waals surface area contributed by atoms with Crippen molar-refractivity contribution in [1.82, 2.24) is 15.5 Å². The number of aliphatic carboxylic acids is 1. The Morgan fingerprint density at radius 1 is 1.02 bits per heavy atom. The number of hydrogen-bond acceptors (Lipinski definition) is 7. The molecule has 2 aromatic carbocycles. The lowest BCUT2D eigenvalue weighted by atomic mass is 9.98. The molecule has 1 heterocycles. The molecule has 0 bridgehead atoms. The number of unbranched alkanes of at least 4 members (excludes halogenated alkanes) is 1. The lowest BCUT2D eigenvalue weighted by molar-refractivity contribution is -0.139. The molecule has 10 nitrogen and oxygen atoms in total. The largest absolute Gasteiger partial charge is 0.480 e. The Hall–Kier alpha value is -3.73. The van der Waals surface area contributed by atoms with Gasteiger partial charge in [0.15, 0.2) is 5.37 Å². The number of alkyl carbamates (subject to hydrolysis) is 1. The van der Waals surface area contributed by atoms with E-state index in [0.29, 0.717) is 31.7 Å². The Morgan fingerprint density at radius 2 is 1.66 bits per heavy atom. The van der Waals surface area contributed by atoms with Crippen LogP contribution < -0.4 is 10.6 Å². The van der Waals surface area contributed by atoms with Crippen LogP contribution in [0.3, 0.4) is 0 Å². The normalized spacial score (nSPS) is 16.9. The van der Waals surface area contributed by atoms with Gasteiger partial charge in [-0.05, 0) is 62.3 Å². The third kappa shape index (κ3) is 7.72. The molecular formula is C30H37N3O7S. The summed E-state index contributed by atoms with van der Waals surface area (Å²) in [6.45, 7) is 6.16. The van der Waals surface area contributed by atoms with Crippen molar-refractivity contribution in [1.29, 1.82) is 0 Å². The van der Waals surface area contributed by atoms with E-state index in [1.165, 1.54) is 16.7 Å². The van der Waals surface area contributed by atoms with Gasteiger partial charge >= 0.3 is 18.2 Å². The van der Waals surface area contributed by atoms with E-state index in [0.717, 1.165) is 22.3 Å². The number of carbonyl (C=O) groups excluding carboxylic acids is 3. The zero-order valence-electron chi connectivity index (χ0n) is 23.6. The highest BCUT2D eigenvalue weighted by Crippen LogP contribution is 2.44. The van der Waals surface area contributed by atoms with Crippen LogP contribution >= 0.6 is 11.8 Å². The monoisotopic (exact) mass is 583 g/mol. The first-order chi connectivity index (χ1) is 19.5. The summed E-state index contributed by atoms with van der Waals surface area (Å²) >= 11 is 1.37. The highest BCUT2D eigenvalue weighted by Gasteiger charge is 2.37. The number of rotatable bonds is 10. The number of carboxylic acid groups (broad SMARTS) is 1. The molecule has 0 saturated carbocycles. The van der Waals surface area contributed by atoms with Gasteiger partial charge in [-0.25, -0.2) is 14.4 Å². The van der Waals surface area contributed by atoms with Gasteiger partial charge in [0.2, 0.25) is 0 Å². The predicted octanol–water partition coefficient (Wildman–Crippen LogP) is 4.57. The molecule has 1 aliphatic carbocycles. The molecule has 1 fully saturated rings. The standard InChI is InChI=1S/C30H37N3O7S/c1-30(2,3)40-29(38)33-16-17-41-26(33)25(34)31-15-9-8-14-24(27(35)36)32-28(37)39-18-23-21-12-6-4-10-19(21)20-11-5-7-13-22(20)23/h4-7,10-13,23-24,26H,8-9,14-18H2,1-3H3,(H,31,34)(H,32,37)(H,35,36)/t24-,26+/m0/s1. The van der Waals surface area contributed by atoms with Gasteiger partial charge in [-0.15, -0.1) is 11.8 Å². The van der Waals surface area contributed by atoms with Crippen LogP contribution in [0.2, 0.25) is 0 Å². The number of ether oxygens (including phenoxy) is 2. The number of carboxylic acids is 1. The summed E-state index contributed by atoms with van der Waals surface area (Å²) in [6, 6.07) is 14.8. The van der Waals surface area contributed by atoms with E-state index in [-0.39, 0.29) is 24.9 Å². The van der Waals surface area contributed by atoms with E-state index in [9.17, 15) is 24.3 Å². The van der Waals surface area contributed by atoms with Crippen LogP contribution in [0.15, 0.2) is 48.5 Å². The molecule has 1 saturated heterocycles. The second-order valence-corrected chi connectivity index (χ2v) is 12.2. The first kappa shape index (κ1) is 30.2. The zero-order chi connectivity index (χ0) is 29.6. The van der Waals surface area contributed by atoms with E-state index in [1.54, 1.807) is 20.8 Å². The second-order valence-electron chi connectivity index (χ2n) is 11.0. The fourth-order valence-electron chi connectivity index (χ4n) is 5.01. The van der Waals surface area contributed by atoms with Gasteiger partial charge in [0.25, 0.3) is 5.91 Å². The van der Waals surface area contributed by atoms with E-state index < -0.39 is 35.2 Å². The summed E-state index contributed by atoms with van der Waals surface area (Å²) in [4.78, 5) is 50.8. The van der Waals surface area contributed by atoms with E-state index in [4.69, 9.17) is 9.47 Å². The van der Waals surface area contributed by atoms with E-state index in [1.807, 2.05) is 48.5 Å². The van der Waals surface area contributed by atoms with Crippen molar-refractivity contribution < 1.29 is 33.8 Å². The molecule has 2 atom stereocenters. The van der Waals surface area contributed by atoms with Gasteiger partial charge < -0.3 is 25.2 Å². The van der Waals surface area contributed by atoms with Crippen LogP contribution in [0.25, 0.3) is 11.1 Å². The maximum Gasteiger partial charge on any atom is 0.411 e. The number of amides is 3. The highest BCUT2D eigenvalue weighted by atomic mass is 32.2. The van der Waals surface area contributed by atoms with E-state index in [2.05, 4.69) is 10.6 Å². The lowest BCUT2D eigenvalue weighted by Gasteiger charge is -2.27. The number of hydrogen-bond donors (Lipinski definition) is 3. The average Bonchev–Trinajstić information content (AvgIpc) is 3.54. The maximum absolute atomic E-state index is 12.7. The highest BCUT2D eigenvalue weighted by molar-refractivity contribution is 8.00. The molecule has 3 amide bonds. The number of nitrogens with one attached hydrogen (secondary N) is 2. The van der Waals surface area contributed by atoms with Crippen LogP contribution in [0, 0.1) is 0 Å². The Kier molecular flexibility index (Phi) is 9.80. The SMILES string of the molecule is CC(C)(C)OC(=O)N1CCS[C@@H]1C(=O)NCCCC[C@H](NC(=O)OCC1c2ccccc2-c2ccccc21)C(=O)O. The molecule has 220 valence electrons. The van der Waals surface area contributed by atoms with Crippen LogP contribution in [0.4, 0.5) is 9.59 Å². The van der Waals surface area contributed by atoms with Crippen molar-refractivity contribution in [2.75, 3.05) is 25.4 Å². The number of benzene rings is 2. The van der Waals surface area contributed by atoms with Gasteiger partial charge in [0, 0.05) is 24.8 Å². The summed E-state index contributed by atoms with van der Waals surface area (Å²) in [5.41, 5.74) is 3.71. The maximum atomic E-state index is 12.7. The van der Waals surface area contributed by atoms with Crippen molar-refractivity contribution in [2.45, 2.75) is 63.0 Å². The third-order valence-corrected chi connectivity index (χ3v) is 8.10. The van der Waals surface area contributed by atoms with Crippen LogP contribution in [0.5, 0.6) is 0 Å². The first-order valence-electron chi connectivity index (χ1n) is 13.8. The van der Waals surface area contributed by atoms with Crippen molar-refractivity contribution in [2.24, 2.45) is 0 Å². The van der Waals surface area contributed by atoms with Crippen LogP contribution in [-0.4, -0.2) is 76.5 Å². The number of nitrogens with zero attached hydrogens (tertiary/aromatic N) is 1. The summed E-state index contributed by atoms with van der Waals surface area (Å²) in [6.07, 6.45) is -0.169. The van der Waals surface area contributed by atoms with E-state index >= 15 is 0 Å². The van der Waals surface area contributed by atoms with Gasteiger partial charge in [0.05, 0.1) is 0 Å². The molecule has 0 spiro atoms. The molecule has 11 heteroatoms. The summed E-state index contributed by atoms with van der Waals surface area (Å²) < 4.78 is 10.9. The minimum absolute atomic E-state index is 0.0950. The molecule has 41 heavy (non-hydrogen) atoms. The molecular weight excluding hydrogens is 546 g/mol. The Morgan fingerprint density at radius 3 is 2.27 bits per heavy atom.